The first-order valence-corrected chi connectivity index (χ1v) is 16.4. The monoisotopic (exact) mass is 566 g/mol. The lowest BCUT2D eigenvalue weighted by Crippen LogP contribution is -2.45. The van der Waals surface area contributed by atoms with Crippen molar-refractivity contribution >= 4 is 20.0 Å². The first-order valence-electron chi connectivity index (χ1n) is 13.4. The minimum absolute atomic E-state index is 0.159. The number of carbonyl (C=O) groups excluding carboxylic acids is 1. The molecule has 10 heteroatoms. The number of aliphatic hydroxyl groups excluding tert-OH is 1. The van der Waals surface area contributed by atoms with Crippen LogP contribution in [0.4, 0.5) is 9.80 Å². The number of amides is 1. The van der Waals surface area contributed by atoms with Crippen molar-refractivity contribution in [2.24, 2.45) is 5.92 Å². The lowest BCUT2D eigenvalue weighted by atomic mass is 9.82. The van der Waals surface area contributed by atoms with Crippen LogP contribution in [-0.4, -0.2) is 50.9 Å². The minimum atomic E-state index is -3.29. The molecule has 0 bridgehead atoms. The van der Waals surface area contributed by atoms with Crippen LogP contribution in [0.5, 0.6) is 11.5 Å². The molecule has 2 aliphatic rings. The molecule has 1 aromatic heterocycles. The Hall–Kier alpha value is -3.47. The number of hydrogen-bond donors (Lipinski definition) is 1. The Balaban J connectivity index is 1.58. The third-order valence-corrected chi connectivity index (χ3v) is 10.7. The van der Waals surface area contributed by atoms with Crippen LogP contribution in [0.25, 0.3) is 5.69 Å². The summed E-state index contributed by atoms with van der Waals surface area (Å²) >= 11 is 0. The van der Waals surface area contributed by atoms with E-state index in [0.29, 0.717) is 22.7 Å². The van der Waals surface area contributed by atoms with Crippen LogP contribution >= 0.6 is 0 Å². The van der Waals surface area contributed by atoms with Crippen LogP contribution in [-0.2, 0) is 21.7 Å². The van der Waals surface area contributed by atoms with Gasteiger partial charge in [-0.05, 0) is 67.5 Å². The van der Waals surface area contributed by atoms with Gasteiger partial charge in [-0.1, -0.05) is 19.1 Å². The second-order valence-corrected chi connectivity index (χ2v) is 14.8. The van der Waals surface area contributed by atoms with E-state index in [1.165, 1.54) is 11.7 Å². The Labute approximate surface area is 234 Å². The van der Waals surface area contributed by atoms with Crippen molar-refractivity contribution in [2.45, 2.75) is 50.2 Å². The van der Waals surface area contributed by atoms with Crippen LogP contribution in [0.15, 0.2) is 65.6 Å². The first-order chi connectivity index (χ1) is 19.1. The maximum absolute atomic E-state index is 15.7. The average molecular weight is 567 g/mol. The molecular formula is C30H35FN2O6Si. The van der Waals surface area contributed by atoms with Crippen LogP contribution < -0.4 is 19.9 Å². The summed E-state index contributed by atoms with van der Waals surface area (Å²) in [5.41, 5.74) is 0.585. The fourth-order valence-electron chi connectivity index (χ4n) is 6.53. The molecule has 4 atom stereocenters. The molecule has 1 saturated heterocycles. The van der Waals surface area contributed by atoms with Crippen molar-refractivity contribution in [1.82, 2.24) is 4.57 Å². The van der Waals surface area contributed by atoms with Crippen LogP contribution in [0, 0.1) is 5.92 Å². The highest BCUT2D eigenvalue weighted by Crippen LogP contribution is 2.60. The molecule has 3 heterocycles. The van der Waals surface area contributed by atoms with Crippen molar-refractivity contribution < 1.29 is 28.2 Å². The summed E-state index contributed by atoms with van der Waals surface area (Å²) in [4.78, 5) is 28.9. The van der Waals surface area contributed by atoms with E-state index in [2.05, 4.69) is 0 Å². The number of aliphatic hydroxyl groups is 1. The van der Waals surface area contributed by atoms with Gasteiger partial charge in [-0.15, -0.1) is 0 Å². The summed E-state index contributed by atoms with van der Waals surface area (Å²) in [5, 5.41) is 9.76. The minimum Gasteiger partial charge on any atom is -0.497 e. The number of rotatable bonds is 8. The molecule has 2 aliphatic heterocycles. The molecule has 0 unspecified atom stereocenters. The van der Waals surface area contributed by atoms with Crippen molar-refractivity contribution in [2.75, 3.05) is 25.7 Å². The van der Waals surface area contributed by atoms with Gasteiger partial charge in [-0.3, -0.25) is 14.2 Å². The van der Waals surface area contributed by atoms with E-state index in [0.717, 1.165) is 5.56 Å². The molecular weight excluding hydrogens is 531 g/mol. The number of aromatic nitrogens is 1. The SMILES string of the molecule is COc1ccc2c(c1)[C@]1(O[C@@H](CCO)[C@H]([Si](C)(C)F)[C@H]1C)C(=O)N2Cc1cccc(-n2cccc(OC)c2=O)c1. The summed E-state index contributed by atoms with van der Waals surface area (Å²) in [7, 11) is -0.279. The van der Waals surface area contributed by atoms with E-state index in [1.54, 1.807) is 55.6 Å². The van der Waals surface area contributed by atoms with Crippen molar-refractivity contribution in [3.63, 3.8) is 0 Å². The quantitative estimate of drug-likeness (QED) is 0.318. The molecule has 8 nitrogen and oxygen atoms in total. The zero-order valence-electron chi connectivity index (χ0n) is 23.4. The highest BCUT2D eigenvalue weighted by molar-refractivity contribution is 6.72. The third kappa shape index (κ3) is 4.44. The first kappa shape index (κ1) is 28.1. The highest BCUT2D eigenvalue weighted by atomic mass is 28.4. The molecule has 1 amide bonds. The van der Waals surface area contributed by atoms with E-state index >= 15 is 4.11 Å². The number of hydrogen-bond acceptors (Lipinski definition) is 6. The summed E-state index contributed by atoms with van der Waals surface area (Å²) in [6.45, 7) is 5.21. The van der Waals surface area contributed by atoms with Gasteiger partial charge in [0.05, 0.1) is 32.6 Å². The molecule has 1 fully saturated rings. The Kier molecular flexibility index (Phi) is 7.36. The van der Waals surface area contributed by atoms with Gasteiger partial charge in [-0.2, -0.15) is 0 Å². The van der Waals surface area contributed by atoms with E-state index in [9.17, 15) is 14.7 Å². The summed E-state index contributed by atoms with van der Waals surface area (Å²) < 4.78 is 34.5. The summed E-state index contributed by atoms with van der Waals surface area (Å²) in [6.07, 6.45) is 1.33. The Morgan fingerprint density at radius 3 is 2.52 bits per heavy atom. The highest BCUT2D eigenvalue weighted by Gasteiger charge is 2.66. The number of fused-ring (bicyclic) bond motifs is 2. The molecule has 2 aromatic carbocycles. The second kappa shape index (κ2) is 10.5. The second-order valence-electron chi connectivity index (χ2n) is 11.0. The number of pyridine rings is 1. The lowest BCUT2D eigenvalue weighted by molar-refractivity contribution is -0.146. The zero-order valence-corrected chi connectivity index (χ0v) is 24.4. The van der Waals surface area contributed by atoms with Gasteiger partial charge in [0.25, 0.3) is 11.5 Å². The molecule has 5 rings (SSSR count). The number of methoxy groups -OCH3 is 2. The molecule has 3 aromatic rings. The molecule has 1 N–H and O–H groups in total. The van der Waals surface area contributed by atoms with Gasteiger partial charge in [0, 0.05) is 35.5 Å². The number of halogens is 1. The van der Waals surface area contributed by atoms with E-state index in [1.807, 2.05) is 37.3 Å². The molecule has 0 radical (unpaired) electrons. The fraction of sp³-hybridized carbons (Fsp3) is 0.400. The Morgan fingerprint density at radius 2 is 1.85 bits per heavy atom. The Bertz CT molecular complexity index is 1490. The summed E-state index contributed by atoms with van der Waals surface area (Å²) in [6, 6.07) is 16.2. The van der Waals surface area contributed by atoms with E-state index in [4.69, 9.17) is 14.2 Å². The molecule has 212 valence electrons. The number of nitrogens with zero attached hydrogens (tertiary/aromatic N) is 2. The average Bonchev–Trinajstić information content (AvgIpc) is 3.35. The van der Waals surface area contributed by atoms with E-state index < -0.39 is 31.6 Å². The van der Waals surface area contributed by atoms with Crippen molar-refractivity contribution in [1.29, 1.82) is 0 Å². The predicted octanol–water partition coefficient (Wildman–Crippen LogP) is 4.56. The van der Waals surface area contributed by atoms with Gasteiger partial charge in [0.1, 0.15) is 5.75 Å². The summed E-state index contributed by atoms with van der Waals surface area (Å²) in [5.74, 6) is 0.0738. The van der Waals surface area contributed by atoms with Gasteiger partial charge < -0.3 is 28.3 Å². The molecule has 1 spiro atoms. The van der Waals surface area contributed by atoms with Gasteiger partial charge in [0.2, 0.25) is 8.41 Å². The van der Waals surface area contributed by atoms with Crippen molar-refractivity contribution in [3.05, 3.63) is 82.3 Å². The fourth-order valence-corrected chi connectivity index (χ4v) is 9.07. The lowest BCUT2D eigenvalue weighted by Gasteiger charge is -2.31. The van der Waals surface area contributed by atoms with Crippen LogP contribution in [0.2, 0.25) is 18.6 Å². The normalized spacial score (nSPS) is 24.0. The van der Waals surface area contributed by atoms with Crippen LogP contribution in [0.1, 0.15) is 24.5 Å². The maximum atomic E-state index is 15.7. The number of ether oxygens (including phenoxy) is 3. The van der Waals surface area contributed by atoms with Gasteiger partial charge >= 0.3 is 0 Å². The zero-order chi connectivity index (χ0) is 28.8. The number of anilines is 1. The van der Waals surface area contributed by atoms with Crippen molar-refractivity contribution in [3.8, 4) is 17.2 Å². The largest absolute Gasteiger partial charge is 0.497 e. The Morgan fingerprint density at radius 1 is 1.07 bits per heavy atom. The predicted molar refractivity (Wildman–Crippen MR) is 153 cm³/mol. The maximum Gasteiger partial charge on any atom is 0.297 e. The van der Waals surface area contributed by atoms with Gasteiger partial charge in [0.15, 0.2) is 11.4 Å². The van der Waals surface area contributed by atoms with Crippen LogP contribution in [0.3, 0.4) is 0 Å². The number of benzene rings is 2. The third-order valence-electron chi connectivity index (χ3n) is 8.24. The topological polar surface area (TPSA) is 90.2 Å². The molecule has 0 aliphatic carbocycles. The molecule has 40 heavy (non-hydrogen) atoms. The van der Waals surface area contributed by atoms with E-state index in [-0.39, 0.29) is 36.8 Å². The molecule has 0 saturated carbocycles. The smallest absolute Gasteiger partial charge is 0.297 e. The number of carbonyl (C=O) groups is 1. The van der Waals surface area contributed by atoms with Gasteiger partial charge in [-0.25, -0.2) is 0 Å². The standard InChI is InChI=1S/C30H35FN2O6Si/c1-19-27(40(4,5)31)25(13-15-34)39-30(19)23-17-22(37-2)11-12-24(23)33(29(30)36)18-20-8-6-9-21(16-20)32-14-7-10-26(38-3)28(32)35/h6-12,14,16-17,19,25,27,34H,13,15,18H2,1-5H3/t19-,25+,27-,30+/m1/s1.